The number of hydrogen-bond donors (Lipinski definition) is 6. The van der Waals surface area contributed by atoms with E-state index in [1.807, 2.05) is 13.8 Å². The van der Waals surface area contributed by atoms with Crippen LogP contribution < -0.4 is 21.3 Å². The summed E-state index contributed by atoms with van der Waals surface area (Å²) in [6.07, 6.45) is 1.41. The highest BCUT2D eigenvalue weighted by Crippen LogP contribution is 2.24. The summed E-state index contributed by atoms with van der Waals surface area (Å²) in [6, 6.07) is 1.18. The van der Waals surface area contributed by atoms with E-state index in [0.717, 1.165) is 0 Å². The largest absolute Gasteiger partial charge is 0.446 e. The predicted octanol–water partition coefficient (Wildman–Crippen LogP) is 2.31. The van der Waals surface area contributed by atoms with Crippen molar-refractivity contribution in [2.75, 3.05) is 6.54 Å². The second kappa shape index (κ2) is 13.8. The lowest BCUT2D eigenvalue weighted by atomic mass is 10.0. The molecule has 6 N–H and O–H groups in total. The van der Waals surface area contributed by atoms with Gasteiger partial charge in [0.25, 0.3) is 5.91 Å². The van der Waals surface area contributed by atoms with Crippen LogP contribution in [-0.2, 0) is 20.8 Å². The summed E-state index contributed by atoms with van der Waals surface area (Å²) in [6.45, 7) is 7.34. The highest BCUT2D eigenvalue weighted by Gasteiger charge is 2.33. The molecule has 4 atom stereocenters. The number of H-pyrrole nitrogens is 1. The minimum atomic E-state index is -1.34. The molecule has 4 rings (SSSR count). The summed E-state index contributed by atoms with van der Waals surface area (Å²) in [5.41, 5.74) is 2.07. The van der Waals surface area contributed by atoms with E-state index in [2.05, 4.69) is 31.2 Å². The summed E-state index contributed by atoms with van der Waals surface area (Å²) in [7, 11) is 0. The fourth-order valence-electron chi connectivity index (χ4n) is 5.19. The minimum absolute atomic E-state index is 0.0723. The first kappa shape index (κ1) is 31.7. The Morgan fingerprint density at radius 1 is 1.16 bits per heavy atom. The third kappa shape index (κ3) is 7.98. The van der Waals surface area contributed by atoms with Gasteiger partial charge in [0.05, 0.1) is 12.5 Å². The van der Waals surface area contributed by atoms with Gasteiger partial charge in [0, 0.05) is 23.1 Å². The number of nitrogens with zero attached hydrogens (tertiary/aromatic N) is 1. The van der Waals surface area contributed by atoms with Gasteiger partial charge in [-0.3, -0.25) is 19.2 Å². The van der Waals surface area contributed by atoms with Gasteiger partial charge in [0.1, 0.15) is 30.2 Å². The summed E-state index contributed by atoms with van der Waals surface area (Å²) in [5.74, 6) is -2.42. The molecule has 0 aliphatic carbocycles. The van der Waals surface area contributed by atoms with Gasteiger partial charge < -0.3 is 35.8 Å². The maximum atomic E-state index is 13.9. The van der Waals surface area contributed by atoms with Crippen molar-refractivity contribution in [2.45, 2.75) is 84.0 Å². The maximum Gasteiger partial charge on any atom is 0.273 e. The lowest BCUT2D eigenvalue weighted by Crippen LogP contribution is -2.57. The lowest BCUT2D eigenvalue weighted by Gasteiger charge is -2.27. The average molecular weight is 599 g/mol. The molecule has 2 aromatic heterocycles. The van der Waals surface area contributed by atoms with E-state index in [4.69, 9.17) is 4.42 Å². The van der Waals surface area contributed by atoms with E-state index >= 15 is 0 Å². The fourth-order valence-corrected chi connectivity index (χ4v) is 5.19. The zero-order chi connectivity index (χ0) is 31.3. The quantitative estimate of drug-likeness (QED) is 0.252. The number of aryl methyl sites for hydroxylation is 1. The Hall–Kier alpha value is -4.26. The van der Waals surface area contributed by atoms with Crippen LogP contribution in [0.5, 0.6) is 0 Å². The molecule has 1 aromatic carbocycles. The van der Waals surface area contributed by atoms with E-state index in [0.29, 0.717) is 48.0 Å². The molecule has 3 aromatic rings. The number of oxazole rings is 1. The molecular weight excluding hydrogens is 559 g/mol. The van der Waals surface area contributed by atoms with Crippen molar-refractivity contribution in [3.8, 4) is 0 Å². The Bertz CT molecular complexity index is 1480. The highest BCUT2D eigenvalue weighted by molar-refractivity contribution is 5.95. The number of halogens is 1. The molecule has 0 unspecified atom stereocenters. The number of hydrogen-bond acceptors (Lipinski definition) is 7. The molecule has 232 valence electrons. The number of rotatable bonds is 6. The predicted molar refractivity (Wildman–Crippen MR) is 155 cm³/mol. The molecule has 0 spiro atoms. The average Bonchev–Trinajstić information content (AvgIpc) is 3.54. The van der Waals surface area contributed by atoms with Crippen molar-refractivity contribution in [3.05, 3.63) is 53.1 Å². The molecule has 4 amide bonds. The molecule has 0 fully saturated rings. The Morgan fingerprint density at radius 3 is 2.65 bits per heavy atom. The fraction of sp³-hybridized carbons (Fsp3) is 0.500. The Morgan fingerprint density at radius 2 is 1.93 bits per heavy atom. The SMILES string of the molecule is Cc1[nH]c2ccc(F)cc2c1CC(=O)N[C@H]1CCCCNC(=O)c2coc(n2)[C@H](CC(C)C)NC(=O)[C@H]([C@@H](C)O)NC1=O. The Kier molecular flexibility index (Phi) is 10.2. The van der Waals surface area contributed by atoms with E-state index < -0.39 is 53.7 Å². The van der Waals surface area contributed by atoms with Crippen LogP contribution in [-0.4, -0.2) is 63.4 Å². The van der Waals surface area contributed by atoms with E-state index in [-0.39, 0.29) is 30.3 Å². The van der Waals surface area contributed by atoms with Gasteiger partial charge >= 0.3 is 0 Å². The maximum absolute atomic E-state index is 13.9. The molecule has 3 heterocycles. The summed E-state index contributed by atoms with van der Waals surface area (Å²) in [4.78, 5) is 60.0. The molecule has 43 heavy (non-hydrogen) atoms. The van der Waals surface area contributed by atoms with Gasteiger partial charge in [-0.15, -0.1) is 0 Å². The third-order valence-electron chi connectivity index (χ3n) is 7.41. The molecule has 1 aliphatic heterocycles. The number of aromatic nitrogens is 2. The number of benzene rings is 1. The van der Waals surface area contributed by atoms with Crippen molar-refractivity contribution < 1.29 is 33.1 Å². The first-order chi connectivity index (χ1) is 20.4. The van der Waals surface area contributed by atoms with Crippen LogP contribution in [0.3, 0.4) is 0 Å². The third-order valence-corrected chi connectivity index (χ3v) is 7.41. The summed E-state index contributed by atoms with van der Waals surface area (Å²) in [5, 5.41) is 21.9. The van der Waals surface area contributed by atoms with Crippen LogP contribution in [0.1, 0.15) is 80.1 Å². The number of aromatic amines is 1. The zero-order valence-electron chi connectivity index (χ0n) is 24.8. The highest BCUT2D eigenvalue weighted by atomic mass is 19.1. The number of carbonyl (C=O) groups excluding carboxylic acids is 4. The molecule has 13 heteroatoms. The second-order valence-corrected chi connectivity index (χ2v) is 11.5. The van der Waals surface area contributed by atoms with E-state index in [1.165, 1.54) is 25.3 Å². The number of aliphatic hydroxyl groups excluding tert-OH is 1. The van der Waals surface area contributed by atoms with Crippen molar-refractivity contribution in [3.63, 3.8) is 0 Å². The van der Waals surface area contributed by atoms with Crippen LogP contribution in [0.2, 0.25) is 0 Å². The van der Waals surface area contributed by atoms with Gasteiger partial charge in [-0.25, -0.2) is 9.37 Å². The molecule has 12 nitrogen and oxygen atoms in total. The number of nitrogens with one attached hydrogen (secondary N) is 5. The zero-order valence-corrected chi connectivity index (χ0v) is 24.8. The topological polar surface area (TPSA) is 178 Å². The second-order valence-electron chi connectivity index (χ2n) is 11.5. The lowest BCUT2D eigenvalue weighted by molar-refractivity contribution is -0.134. The van der Waals surface area contributed by atoms with Gasteiger partial charge in [0.2, 0.25) is 23.6 Å². The molecule has 0 saturated carbocycles. The number of amides is 4. The Labute approximate surface area is 248 Å². The number of fused-ring (bicyclic) bond motifs is 3. The standard InChI is InChI=1S/C30H39FN6O6/c1-15(2)11-23-30-36-24(14-43-30)27(40)32-10-6-5-7-22(28(41)37-26(17(4)38)29(42)35-23)34-25(39)13-19-16(3)33-21-9-8-18(31)12-20(19)21/h8-9,12,14-15,17,22-23,26,33,38H,5-7,10-11,13H2,1-4H3,(H,32,40)(H,34,39)(H,35,42)(H,37,41)/t17-,22+,23+,26+/m1/s1. The number of carbonyl (C=O) groups is 4. The normalized spacial score (nSPS) is 21.3. The van der Waals surface area contributed by atoms with Crippen molar-refractivity contribution >= 4 is 34.5 Å². The van der Waals surface area contributed by atoms with Crippen LogP contribution in [0.15, 0.2) is 28.9 Å². The van der Waals surface area contributed by atoms with Gasteiger partial charge in [-0.05, 0) is 69.2 Å². The van der Waals surface area contributed by atoms with Gasteiger partial charge in [-0.2, -0.15) is 0 Å². The van der Waals surface area contributed by atoms with Crippen molar-refractivity contribution in [2.24, 2.45) is 5.92 Å². The van der Waals surface area contributed by atoms with Gasteiger partial charge in [0.15, 0.2) is 5.69 Å². The molecular formula is C30H39FN6O6. The molecule has 2 bridgehead atoms. The number of aliphatic hydroxyl groups is 1. The first-order valence-electron chi connectivity index (χ1n) is 14.5. The van der Waals surface area contributed by atoms with Crippen molar-refractivity contribution in [1.29, 1.82) is 0 Å². The minimum Gasteiger partial charge on any atom is -0.446 e. The summed E-state index contributed by atoms with van der Waals surface area (Å²) < 4.78 is 19.5. The van der Waals surface area contributed by atoms with Crippen LogP contribution in [0.4, 0.5) is 4.39 Å². The smallest absolute Gasteiger partial charge is 0.273 e. The van der Waals surface area contributed by atoms with E-state index in [9.17, 15) is 28.7 Å². The molecule has 0 saturated heterocycles. The monoisotopic (exact) mass is 598 g/mol. The van der Waals surface area contributed by atoms with E-state index in [1.54, 1.807) is 13.0 Å². The van der Waals surface area contributed by atoms with Gasteiger partial charge in [-0.1, -0.05) is 13.8 Å². The summed E-state index contributed by atoms with van der Waals surface area (Å²) >= 11 is 0. The van der Waals surface area contributed by atoms with Crippen LogP contribution >= 0.6 is 0 Å². The molecule has 1 aliphatic rings. The van der Waals surface area contributed by atoms with Crippen LogP contribution in [0.25, 0.3) is 10.9 Å². The molecule has 0 radical (unpaired) electrons. The Balaban J connectivity index is 1.56. The first-order valence-corrected chi connectivity index (χ1v) is 14.5. The van der Waals surface area contributed by atoms with Crippen LogP contribution in [0, 0.1) is 18.7 Å². The van der Waals surface area contributed by atoms with Crippen molar-refractivity contribution in [1.82, 2.24) is 31.2 Å².